The third-order valence-electron chi connectivity index (χ3n) is 3.66. The van der Waals surface area contributed by atoms with E-state index in [9.17, 15) is 4.79 Å². The predicted octanol–water partition coefficient (Wildman–Crippen LogP) is 3.61. The van der Waals surface area contributed by atoms with Crippen molar-refractivity contribution in [2.45, 2.75) is 59.5 Å². The minimum atomic E-state index is 0.453. The topological polar surface area (TPSA) is 33.2 Å². The fourth-order valence-electron chi connectivity index (χ4n) is 2.10. The highest BCUT2D eigenvalue weighted by atomic mass is 16.1. The number of carbonyl (C=O) groups is 1. The lowest BCUT2D eigenvalue weighted by atomic mass is 10.1. The Hall–Kier alpha value is -1.38. The van der Waals surface area contributed by atoms with E-state index in [2.05, 4.69) is 37.6 Å². The van der Waals surface area contributed by atoms with Crippen LogP contribution < -0.4 is 4.90 Å². The molecule has 3 nitrogen and oxygen atoms in total. The highest BCUT2D eigenvalue weighted by Crippen LogP contribution is 2.22. The van der Waals surface area contributed by atoms with E-state index in [-0.39, 0.29) is 0 Å². The quantitative estimate of drug-likeness (QED) is 0.721. The molecular formula is C15H24N2O. The molecule has 0 N–H and O–H groups in total. The molecule has 1 rings (SSSR count). The molecule has 18 heavy (non-hydrogen) atoms. The number of aromatic nitrogens is 1. The fraction of sp³-hybridized carbons (Fsp3) is 0.600. The van der Waals surface area contributed by atoms with Gasteiger partial charge in [0.25, 0.3) is 0 Å². The summed E-state index contributed by atoms with van der Waals surface area (Å²) < 4.78 is 0. The maximum Gasteiger partial charge on any atom is 0.151 e. The number of hydrogen-bond donors (Lipinski definition) is 0. The van der Waals surface area contributed by atoms with Crippen molar-refractivity contribution in [3.63, 3.8) is 0 Å². The zero-order chi connectivity index (χ0) is 13.7. The molecule has 0 aromatic carbocycles. The summed E-state index contributed by atoms with van der Waals surface area (Å²) in [5.41, 5.74) is 1.67. The van der Waals surface area contributed by atoms with Crippen molar-refractivity contribution in [3.8, 4) is 0 Å². The molecule has 0 fully saturated rings. The van der Waals surface area contributed by atoms with E-state index in [1.54, 1.807) is 6.20 Å². The number of anilines is 1. The van der Waals surface area contributed by atoms with Gasteiger partial charge in [-0.15, -0.1) is 0 Å². The van der Waals surface area contributed by atoms with Crippen molar-refractivity contribution in [3.05, 3.63) is 23.4 Å². The molecule has 1 aromatic rings. The maximum absolute atomic E-state index is 10.8. The molecule has 0 amide bonds. The summed E-state index contributed by atoms with van der Waals surface area (Å²) in [7, 11) is 0. The van der Waals surface area contributed by atoms with Crippen LogP contribution in [0.1, 0.15) is 56.5 Å². The van der Waals surface area contributed by atoms with Gasteiger partial charge in [0.05, 0.1) is 0 Å². The standard InChI is InChI=1S/C15H24N2O/c1-6-12(4)17(13(5)7-2)15-8-11(3)14(10-18)9-16-15/h8-10,12-13H,6-7H2,1-5H3. The molecule has 0 saturated heterocycles. The van der Waals surface area contributed by atoms with Crippen LogP contribution in [0.15, 0.2) is 12.3 Å². The number of pyridine rings is 1. The summed E-state index contributed by atoms with van der Waals surface area (Å²) in [4.78, 5) is 17.6. The average molecular weight is 248 g/mol. The smallest absolute Gasteiger partial charge is 0.151 e. The molecule has 100 valence electrons. The van der Waals surface area contributed by atoms with Crippen molar-refractivity contribution in [1.29, 1.82) is 0 Å². The molecule has 1 aromatic heterocycles. The van der Waals surface area contributed by atoms with Crippen LogP contribution in [0.4, 0.5) is 5.82 Å². The summed E-state index contributed by atoms with van der Waals surface area (Å²) in [5.74, 6) is 0.974. The van der Waals surface area contributed by atoms with Crippen LogP contribution in [0, 0.1) is 6.92 Å². The number of carbonyl (C=O) groups excluding carboxylic acids is 1. The SMILES string of the molecule is CCC(C)N(c1cc(C)c(C=O)cn1)C(C)CC. The minimum absolute atomic E-state index is 0.453. The summed E-state index contributed by atoms with van der Waals surface area (Å²) in [5, 5.41) is 0. The molecule has 3 heteroatoms. The molecule has 0 aliphatic carbocycles. The molecule has 2 unspecified atom stereocenters. The maximum atomic E-state index is 10.8. The van der Waals surface area contributed by atoms with Gasteiger partial charge in [-0.3, -0.25) is 4.79 Å². The van der Waals surface area contributed by atoms with E-state index >= 15 is 0 Å². The van der Waals surface area contributed by atoms with Crippen LogP contribution in [0.3, 0.4) is 0 Å². The normalized spacial score (nSPS) is 14.1. The van der Waals surface area contributed by atoms with Gasteiger partial charge >= 0.3 is 0 Å². The van der Waals surface area contributed by atoms with Crippen molar-refractivity contribution >= 4 is 12.1 Å². The van der Waals surface area contributed by atoms with Crippen molar-refractivity contribution < 1.29 is 4.79 Å². The van der Waals surface area contributed by atoms with E-state index in [1.807, 2.05) is 13.0 Å². The average Bonchev–Trinajstić information content (AvgIpc) is 2.38. The number of hydrogen-bond acceptors (Lipinski definition) is 3. The van der Waals surface area contributed by atoms with Crippen molar-refractivity contribution in [1.82, 2.24) is 4.98 Å². The largest absolute Gasteiger partial charge is 0.351 e. The summed E-state index contributed by atoms with van der Waals surface area (Å²) in [6, 6.07) is 2.92. The van der Waals surface area contributed by atoms with Gasteiger partial charge in [0, 0.05) is 23.8 Å². The molecule has 0 aliphatic heterocycles. The second kappa shape index (κ2) is 6.53. The van der Waals surface area contributed by atoms with Crippen LogP contribution >= 0.6 is 0 Å². The van der Waals surface area contributed by atoms with Gasteiger partial charge in [-0.1, -0.05) is 13.8 Å². The first-order chi connectivity index (χ1) is 8.54. The van der Waals surface area contributed by atoms with Gasteiger partial charge in [-0.05, 0) is 45.2 Å². The second-order valence-corrected chi connectivity index (χ2v) is 4.94. The van der Waals surface area contributed by atoms with Gasteiger partial charge in [-0.25, -0.2) is 4.98 Å². The van der Waals surface area contributed by atoms with Crippen molar-refractivity contribution in [2.24, 2.45) is 0 Å². The molecule has 0 aliphatic rings. The summed E-state index contributed by atoms with van der Waals surface area (Å²) >= 11 is 0. The van der Waals surface area contributed by atoms with Gasteiger partial charge in [0.15, 0.2) is 6.29 Å². The Morgan fingerprint density at radius 3 is 2.22 bits per heavy atom. The highest BCUT2D eigenvalue weighted by molar-refractivity contribution is 5.77. The van der Waals surface area contributed by atoms with Crippen LogP contribution in [0.2, 0.25) is 0 Å². The molecule has 0 bridgehead atoms. The Labute approximate surface area is 110 Å². The van der Waals surface area contributed by atoms with Gasteiger partial charge < -0.3 is 4.90 Å². The lowest BCUT2D eigenvalue weighted by Gasteiger charge is -2.35. The number of aryl methyl sites for hydroxylation is 1. The lowest BCUT2D eigenvalue weighted by Crippen LogP contribution is -2.40. The summed E-state index contributed by atoms with van der Waals surface area (Å²) in [6.45, 7) is 10.8. The molecule has 2 atom stereocenters. The number of rotatable bonds is 6. The third-order valence-corrected chi connectivity index (χ3v) is 3.66. The Morgan fingerprint density at radius 2 is 1.83 bits per heavy atom. The number of aldehydes is 1. The van der Waals surface area contributed by atoms with Crippen LogP contribution in [0.25, 0.3) is 0 Å². The minimum Gasteiger partial charge on any atom is -0.351 e. The Kier molecular flexibility index (Phi) is 5.32. The fourth-order valence-corrected chi connectivity index (χ4v) is 2.10. The van der Waals surface area contributed by atoms with Crippen molar-refractivity contribution in [2.75, 3.05) is 4.90 Å². The van der Waals surface area contributed by atoms with Crippen LogP contribution in [-0.2, 0) is 0 Å². The molecule has 1 heterocycles. The van der Waals surface area contributed by atoms with E-state index in [0.29, 0.717) is 17.6 Å². The summed E-state index contributed by atoms with van der Waals surface area (Å²) in [6.07, 6.45) is 4.71. The third kappa shape index (κ3) is 3.09. The van der Waals surface area contributed by atoms with Gasteiger partial charge in [0.1, 0.15) is 5.82 Å². The molecule has 0 spiro atoms. The lowest BCUT2D eigenvalue weighted by molar-refractivity contribution is 0.112. The highest BCUT2D eigenvalue weighted by Gasteiger charge is 2.19. The van der Waals surface area contributed by atoms with E-state index in [4.69, 9.17) is 0 Å². The monoisotopic (exact) mass is 248 g/mol. The van der Waals surface area contributed by atoms with Crippen LogP contribution in [-0.4, -0.2) is 23.4 Å². The van der Waals surface area contributed by atoms with E-state index in [0.717, 1.165) is 30.5 Å². The van der Waals surface area contributed by atoms with E-state index in [1.165, 1.54) is 0 Å². The second-order valence-electron chi connectivity index (χ2n) is 4.94. The predicted molar refractivity (Wildman–Crippen MR) is 76.3 cm³/mol. The molecular weight excluding hydrogens is 224 g/mol. The first-order valence-electron chi connectivity index (χ1n) is 6.75. The molecule has 0 saturated carbocycles. The first kappa shape index (κ1) is 14.7. The first-order valence-corrected chi connectivity index (χ1v) is 6.75. The zero-order valence-corrected chi connectivity index (χ0v) is 12.1. The van der Waals surface area contributed by atoms with Gasteiger partial charge in [-0.2, -0.15) is 0 Å². The Balaban J connectivity index is 3.13. The molecule has 0 radical (unpaired) electrons. The van der Waals surface area contributed by atoms with Crippen LogP contribution in [0.5, 0.6) is 0 Å². The Bertz CT molecular complexity index is 393. The zero-order valence-electron chi connectivity index (χ0n) is 12.1. The van der Waals surface area contributed by atoms with Gasteiger partial charge in [0.2, 0.25) is 0 Å². The Morgan fingerprint density at radius 1 is 1.28 bits per heavy atom. The number of nitrogens with zero attached hydrogens (tertiary/aromatic N) is 2. The van der Waals surface area contributed by atoms with E-state index < -0.39 is 0 Å².